The van der Waals surface area contributed by atoms with Gasteiger partial charge in [-0.3, -0.25) is 4.90 Å². The average Bonchev–Trinajstić information content (AvgIpc) is 2.52. The number of methoxy groups -OCH3 is 2. The molecule has 0 amide bonds. The van der Waals surface area contributed by atoms with Crippen LogP contribution in [0.25, 0.3) is 0 Å². The first kappa shape index (κ1) is 18.5. The lowest BCUT2D eigenvalue weighted by Crippen LogP contribution is -2.43. The van der Waals surface area contributed by atoms with Crippen molar-refractivity contribution in [2.45, 2.75) is 23.9 Å². The number of ether oxygens (including phenoxy) is 2. The molecule has 0 heterocycles. The van der Waals surface area contributed by atoms with Crippen molar-refractivity contribution >= 4 is 11.8 Å². The number of hydrogen-bond acceptors (Lipinski definition) is 5. The summed E-state index contributed by atoms with van der Waals surface area (Å²) in [7, 11) is 3.46. The molecule has 0 spiro atoms. The van der Waals surface area contributed by atoms with Gasteiger partial charge in [0.15, 0.2) is 0 Å². The second-order valence-corrected chi connectivity index (χ2v) is 5.94. The molecule has 0 aliphatic rings. The fraction of sp³-hybridized carbons (Fsp3) is 0.625. The van der Waals surface area contributed by atoms with Crippen LogP contribution in [0, 0.1) is 0 Å². The van der Waals surface area contributed by atoms with E-state index in [2.05, 4.69) is 42.3 Å². The van der Waals surface area contributed by atoms with Crippen LogP contribution in [0.4, 0.5) is 0 Å². The van der Waals surface area contributed by atoms with Crippen LogP contribution in [0.15, 0.2) is 29.2 Å². The number of hydrogen-bond donors (Lipinski definition) is 1. The van der Waals surface area contributed by atoms with E-state index in [0.717, 1.165) is 6.54 Å². The molecule has 120 valence electrons. The van der Waals surface area contributed by atoms with E-state index in [1.807, 2.05) is 0 Å². The van der Waals surface area contributed by atoms with E-state index in [9.17, 15) is 0 Å². The molecule has 2 atom stereocenters. The van der Waals surface area contributed by atoms with Crippen LogP contribution in [0.1, 0.15) is 18.5 Å². The monoisotopic (exact) mass is 312 g/mol. The molecule has 0 fully saturated rings. The highest BCUT2D eigenvalue weighted by atomic mass is 32.2. The quantitative estimate of drug-likeness (QED) is 0.672. The third-order valence-electron chi connectivity index (χ3n) is 3.65. The van der Waals surface area contributed by atoms with Gasteiger partial charge < -0.3 is 15.2 Å². The summed E-state index contributed by atoms with van der Waals surface area (Å²) in [5.41, 5.74) is 7.30. The molecule has 2 N–H and O–H groups in total. The first-order valence-electron chi connectivity index (χ1n) is 7.25. The van der Waals surface area contributed by atoms with Crippen molar-refractivity contribution in [3.63, 3.8) is 0 Å². The Morgan fingerprint density at radius 2 is 1.86 bits per heavy atom. The molecule has 1 rings (SSSR count). The molecule has 0 saturated heterocycles. The standard InChI is InChI=1S/C16H28N2O2S/c1-13(12-20-3)18(9-10-19-2)16(11-17)14-5-7-15(21-4)8-6-14/h5-8,13,16H,9-12,17H2,1-4H3. The number of benzene rings is 1. The molecule has 0 aromatic heterocycles. The van der Waals surface area contributed by atoms with Crippen molar-refractivity contribution in [2.24, 2.45) is 5.73 Å². The molecule has 0 aliphatic carbocycles. The Bertz CT molecular complexity index is 386. The van der Waals surface area contributed by atoms with Gasteiger partial charge in [-0.2, -0.15) is 0 Å². The SMILES string of the molecule is COCCN(C(C)COC)C(CN)c1ccc(SC)cc1. The molecular weight excluding hydrogens is 284 g/mol. The van der Waals surface area contributed by atoms with Gasteiger partial charge in [0.25, 0.3) is 0 Å². The van der Waals surface area contributed by atoms with Crippen molar-refractivity contribution < 1.29 is 9.47 Å². The first-order valence-corrected chi connectivity index (χ1v) is 8.48. The summed E-state index contributed by atoms with van der Waals surface area (Å²) in [6.07, 6.45) is 2.08. The lowest BCUT2D eigenvalue weighted by molar-refractivity contribution is 0.0487. The lowest BCUT2D eigenvalue weighted by Gasteiger charge is -2.36. The van der Waals surface area contributed by atoms with E-state index in [0.29, 0.717) is 25.8 Å². The van der Waals surface area contributed by atoms with E-state index in [1.54, 1.807) is 26.0 Å². The van der Waals surface area contributed by atoms with E-state index in [-0.39, 0.29) is 6.04 Å². The summed E-state index contributed by atoms with van der Waals surface area (Å²) in [5.74, 6) is 0. The fourth-order valence-corrected chi connectivity index (χ4v) is 2.91. The zero-order chi connectivity index (χ0) is 15.7. The Labute approximate surface area is 133 Å². The van der Waals surface area contributed by atoms with Crippen molar-refractivity contribution in [1.82, 2.24) is 4.90 Å². The number of rotatable bonds is 10. The largest absolute Gasteiger partial charge is 0.383 e. The molecule has 1 aromatic carbocycles. The highest BCUT2D eigenvalue weighted by Crippen LogP contribution is 2.24. The van der Waals surface area contributed by atoms with Crippen LogP contribution in [0.2, 0.25) is 0 Å². The maximum Gasteiger partial charge on any atom is 0.0615 e. The van der Waals surface area contributed by atoms with Crippen molar-refractivity contribution in [3.05, 3.63) is 29.8 Å². The fourth-order valence-electron chi connectivity index (χ4n) is 2.51. The normalized spacial score (nSPS) is 14.4. The van der Waals surface area contributed by atoms with Crippen LogP contribution in [0.3, 0.4) is 0 Å². The Balaban J connectivity index is 2.92. The van der Waals surface area contributed by atoms with Crippen LogP contribution < -0.4 is 5.73 Å². The minimum Gasteiger partial charge on any atom is -0.383 e. The van der Waals surface area contributed by atoms with Crippen LogP contribution in [0.5, 0.6) is 0 Å². The minimum absolute atomic E-state index is 0.182. The average molecular weight is 312 g/mol. The summed E-state index contributed by atoms with van der Waals surface area (Å²) in [5, 5.41) is 0. The summed E-state index contributed by atoms with van der Waals surface area (Å²) in [6, 6.07) is 9.11. The maximum absolute atomic E-state index is 6.05. The second-order valence-electron chi connectivity index (χ2n) is 5.06. The van der Waals surface area contributed by atoms with Gasteiger partial charge in [-0.15, -0.1) is 11.8 Å². The second kappa shape index (κ2) is 10.2. The highest BCUT2D eigenvalue weighted by molar-refractivity contribution is 7.98. The van der Waals surface area contributed by atoms with Crippen LogP contribution in [-0.4, -0.2) is 57.7 Å². The van der Waals surface area contributed by atoms with E-state index < -0.39 is 0 Å². The molecule has 1 aromatic rings. The third kappa shape index (κ3) is 5.60. The van der Waals surface area contributed by atoms with Gasteiger partial charge in [0.2, 0.25) is 0 Å². The smallest absolute Gasteiger partial charge is 0.0615 e. The highest BCUT2D eigenvalue weighted by Gasteiger charge is 2.23. The Kier molecular flexibility index (Phi) is 8.96. The van der Waals surface area contributed by atoms with E-state index in [1.165, 1.54) is 10.5 Å². The molecule has 0 radical (unpaired) electrons. The molecule has 2 unspecified atom stereocenters. The Morgan fingerprint density at radius 3 is 2.33 bits per heavy atom. The van der Waals surface area contributed by atoms with Gasteiger partial charge in [-0.25, -0.2) is 0 Å². The molecule has 21 heavy (non-hydrogen) atoms. The number of nitrogens with two attached hydrogens (primary N) is 1. The Hall–Kier alpha value is -0.590. The van der Waals surface area contributed by atoms with Crippen LogP contribution in [-0.2, 0) is 9.47 Å². The third-order valence-corrected chi connectivity index (χ3v) is 4.40. The van der Waals surface area contributed by atoms with Gasteiger partial charge in [-0.05, 0) is 30.9 Å². The molecule has 5 heteroatoms. The van der Waals surface area contributed by atoms with Crippen molar-refractivity contribution in [2.75, 3.05) is 46.8 Å². The number of thioether (sulfide) groups is 1. The Morgan fingerprint density at radius 1 is 1.19 bits per heavy atom. The summed E-state index contributed by atoms with van der Waals surface area (Å²) in [6.45, 7) is 4.96. The molecule has 0 aliphatic heterocycles. The minimum atomic E-state index is 0.182. The predicted octanol–water partition coefficient (Wildman–Crippen LogP) is 2.39. The van der Waals surface area contributed by atoms with Crippen molar-refractivity contribution in [3.8, 4) is 0 Å². The van der Waals surface area contributed by atoms with Crippen molar-refractivity contribution in [1.29, 1.82) is 0 Å². The van der Waals surface area contributed by atoms with Gasteiger partial charge in [0.1, 0.15) is 0 Å². The zero-order valence-corrected chi connectivity index (χ0v) is 14.4. The molecule has 4 nitrogen and oxygen atoms in total. The van der Waals surface area contributed by atoms with Gasteiger partial charge in [-0.1, -0.05) is 12.1 Å². The van der Waals surface area contributed by atoms with Gasteiger partial charge in [0, 0.05) is 44.3 Å². The molecule has 0 saturated carbocycles. The van der Waals surface area contributed by atoms with Gasteiger partial charge >= 0.3 is 0 Å². The molecular formula is C16H28N2O2S. The summed E-state index contributed by atoms with van der Waals surface area (Å²) in [4.78, 5) is 3.63. The maximum atomic E-state index is 6.05. The van der Waals surface area contributed by atoms with E-state index in [4.69, 9.17) is 15.2 Å². The molecule has 0 bridgehead atoms. The van der Waals surface area contributed by atoms with E-state index >= 15 is 0 Å². The topological polar surface area (TPSA) is 47.7 Å². The summed E-state index contributed by atoms with van der Waals surface area (Å²) >= 11 is 1.75. The summed E-state index contributed by atoms with van der Waals surface area (Å²) < 4.78 is 10.5. The van der Waals surface area contributed by atoms with Crippen LogP contribution >= 0.6 is 11.8 Å². The van der Waals surface area contributed by atoms with Gasteiger partial charge in [0.05, 0.1) is 13.2 Å². The zero-order valence-electron chi connectivity index (χ0n) is 13.5. The lowest BCUT2D eigenvalue weighted by atomic mass is 10.0. The predicted molar refractivity (Wildman–Crippen MR) is 89.9 cm³/mol. The first-order chi connectivity index (χ1) is 10.2. The number of nitrogens with zero attached hydrogens (tertiary/aromatic N) is 1.